The van der Waals surface area contributed by atoms with E-state index in [1.165, 1.54) is 6.07 Å². The van der Waals surface area contributed by atoms with E-state index in [1.807, 2.05) is 0 Å². The van der Waals surface area contributed by atoms with Gasteiger partial charge in [0.05, 0.1) is 16.5 Å². The number of para-hydroxylation sites is 1. The molecular weight excluding hydrogens is 354 g/mol. The summed E-state index contributed by atoms with van der Waals surface area (Å²) < 4.78 is 33.8. The molecule has 1 atom stereocenters. The number of amides is 1. The molecule has 1 fully saturated rings. The number of nitrogens with one attached hydrogen (secondary N) is 1. The molecule has 1 aromatic heterocycles. The predicted octanol–water partition coefficient (Wildman–Crippen LogP) is 2.43. The van der Waals surface area contributed by atoms with Gasteiger partial charge in [-0.05, 0) is 30.7 Å². The van der Waals surface area contributed by atoms with E-state index in [0.29, 0.717) is 23.0 Å². The van der Waals surface area contributed by atoms with Crippen LogP contribution in [0.3, 0.4) is 0 Å². The molecule has 128 valence electrons. The SMILES string of the molecule is O=C(NC1CCS(=O)(=O)C1)c1ccc(COc2ccccc2Cl)o1. The highest BCUT2D eigenvalue weighted by atomic mass is 35.5. The van der Waals surface area contributed by atoms with Crippen LogP contribution in [-0.4, -0.2) is 31.9 Å². The van der Waals surface area contributed by atoms with Gasteiger partial charge in [0.15, 0.2) is 15.6 Å². The third kappa shape index (κ3) is 4.10. The van der Waals surface area contributed by atoms with E-state index in [4.69, 9.17) is 20.8 Å². The highest BCUT2D eigenvalue weighted by Crippen LogP contribution is 2.24. The van der Waals surface area contributed by atoms with E-state index in [9.17, 15) is 13.2 Å². The first-order valence-electron chi connectivity index (χ1n) is 7.40. The minimum atomic E-state index is -3.04. The van der Waals surface area contributed by atoms with Gasteiger partial charge in [-0.1, -0.05) is 23.7 Å². The van der Waals surface area contributed by atoms with Crippen LogP contribution in [0.15, 0.2) is 40.8 Å². The van der Waals surface area contributed by atoms with Crippen molar-refractivity contribution in [2.45, 2.75) is 19.1 Å². The van der Waals surface area contributed by atoms with E-state index in [-0.39, 0.29) is 29.9 Å². The van der Waals surface area contributed by atoms with Crippen molar-refractivity contribution in [3.05, 3.63) is 52.9 Å². The molecule has 0 spiro atoms. The molecule has 24 heavy (non-hydrogen) atoms. The predicted molar refractivity (Wildman–Crippen MR) is 89.0 cm³/mol. The molecule has 1 amide bonds. The number of carbonyl (C=O) groups excluding carboxylic acids is 1. The van der Waals surface area contributed by atoms with E-state index in [0.717, 1.165) is 0 Å². The second-order valence-electron chi connectivity index (χ2n) is 5.56. The Hall–Kier alpha value is -1.99. The molecule has 6 nitrogen and oxygen atoms in total. The maximum Gasteiger partial charge on any atom is 0.287 e. The van der Waals surface area contributed by atoms with E-state index < -0.39 is 15.7 Å². The van der Waals surface area contributed by atoms with Gasteiger partial charge in [-0.15, -0.1) is 0 Å². The quantitative estimate of drug-likeness (QED) is 0.874. The Bertz CT molecular complexity index is 846. The fourth-order valence-electron chi connectivity index (χ4n) is 2.45. The van der Waals surface area contributed by atoms with Gasteiger partial charge in [0.2, 0.25) is 0 Å². The molecule has 3 rings (SSSR count). The number of sulfone groups is 1. The molecule has 2 aromatic rings. The Kier molecular flexibility index (Phi) is 4.82. The number of rotatable bonds is 5. The fraction of sp³-hybridized carbons (Fsp3) is 0.312. The monoisotopic (exact) mass is 369 g/mol. The number of hydrogen-bond donors (Lipinski definition) is 1. The van der Waals surface area contributed by atoms with Crippen LogP contribution in [0.4, 0.5) is 0 Å². The molecular formula is C16H16ClNO5S. The number of carbonyl (C=O) groups is 1. The Morgan fingerprint density at radius 1 is 1.29 bits per heavy atom. The largest absolute Gasteiger partial charge is 0.484 e. The first-order chi connectivity index (χ1) is 11.4. The first-order valence-corrected chi connectivity index (χ1v) is 9.60. The number of hydrogen-bond acceptors (Lipinski definition) is 5. The second-order valence-corrected chi connectivity index (χ2v) is 8.19. The van der Waals surface area contributed by atoms with Crippen molar-refractivity contribution in [3.63, 3.8) is 0 Å². The lowest BCUT2D eigenvalue weighted by molar-refractivity contribution is 0.0909. The van der Waals surface area contributed by atoms with Crippen LogP contribution in [0.5, 0.6) is 5.75 Å². The smallest absolute Gasteiger partial charge is 0.287 e. The van der Waals surface area contributed by atoms with Crippen molar-refractivity contribution < 1.29 is 22.4 Å². The van der Waals surface area contributed by atoms with Crippen molar-refractivity contribution in [2.24, 2.45) is 0 Å². The highest BCUT2D eigenvalue weighted by Gasteiger charge is 2.29. The molecule has 0 radical (unpaired) electrons. The van der Waals surface area contributed by atoms with Crippen LogP contribution in [-0.2, 0) is 16.4 Å². The number of furan rings is 1. The van der Waals surface area contributed by atoms with E-state index in [1.54, 1.807) is 30.3 Å². The zero-order chi connectivity index (χ0) is 17.2. The third-order valence-corrected chi connectivity index (χ3v) is 5.74. The Labute approximate surface area is 144 Å². The van der Waals surface area contributed by atoms with Gasteiger partial charge in [-0.25, -0.2) is 8.42 Å². The molecule has 0 bridgehead atoms. The van der Waals surface area contributed by atoms with Crippen molar-refractivity contribution >= 4 is 27.3 Å². The van der Waals surface area contributed by atoms with Gasteiger partial charge in [0.1, 0.15) is 18.1 Å². The topological polar surface area (TPSA) is 85.6 Å². The lowest BCUT2D eigenvalue weighted by Gasteiger charge is -2.09. The molecule has 1 unspecified atom stereocenters. The Morgan fingerprint density at radius 3 is 2.79 bits per heavy atom. The van der Waals surface area contributed by atoms with Crippen LogP contribution in [0.25, 0.3) is 0 Å². The molecule has 2 heterocycles. The lowest BCUT2D eigenvalue weighted by atomic mass is 10.2. The number of halogens is 1. The van der Waals surface area contributed by atoms with Crippen LogP contribution in [0.1, 0.15) is 22.7 Å². The molecule has 1 N–H and O–H groups in total. The molecule has 8 heteroatoms. The van der Waals surface area contributed by atoms with Crippen molar-refractivity contribution in [1.82, 2.24) is 5.32 Å². The average Bonchev–Trinajstić information content (AvgIpc) is 3.13. The normalized spacial score (nSPS) is 19.1. The minimum Gasteiger partial charge on any atom is -0.484 e. The van der Waals surface area contributed by atoms with Crippen LogP contribution in [0, 0.1) is 0 Å². The average molecular weight is 370 g/mol. The fourth-order valence-corrected chi connectivity index (χ4v) is 4.32. The van der Waals surface area contributed by atoms with Crippen molar-refractivity contribution in [3.8, 4) is 5.75 Å². The van der Waals surface area contributed by atoms with E-state index >= 15 is 0 Å². The maximum atomic E-state index is 12.1. The summed E-state index contributed by atoms with van der Waals surface area (Å²) in [4.78, 5) is 12.1. The van der Waals surface area contributed by atoms with Gasteiger partial charge >= 0.3 is 0 Å². The number of ether oxygens (including phenoxy) is 1. The summed E-state index contributed by atoms with van der Waals surface area (Å²) in [5.74, 6) is 0.768. The summed E-state index contributed by atoms with van der Waals surface area (Å²) in [6, 6.07) is 9.86. The van der Waals surface area contributed by atoms with Gasteiger partial charge in [0, 0.05) is 6.04 Å². The van der Waals surface area contributed by atoms with Crippen molar-refractivity contribution in [1.29, 1.82) is 0 Å². The molecule has 0 aliphatic carbocycles. The standard InChI is InChI=1S/C16H16ClNO5S/c17-13-3-1-2-4-14(13)22-9-12-5-6-15(23-12)16(19)18-11-7-8-24(20,21)10-11/h1-6,11H,7-10H2,(H,18,19). The third-order valence-electron chi connectivity index (χ3n) is 3.66. The summed E-state index contributed by atoms with van der Waals surface area (Å²) in [6.45, 7) is 0.134. The highest BCUT2D eigenvalue weighted by molar-refractivity contribution is 7.91. The summed E-state index contributed by atoms with van der Waals surface area (Å²) in [7, 11) is -3.04. The summed E-state index contributed by atoms with van der Waals surface area (Å²) in [6.07, 6.45) is 0.428. The second kappa shape index (κ2) is 6.86. The van der Waals surface area contributed by atoms with Gasteiger partial charge in [-0.2, -0.15) is 0 Å². The van der Waals surface area contributed by atoms with Gasteiger partial charge in [-0.3, -0.25) is 4.79 Å². The summed E-state index contributed by atoms with van der Waals surface area (Å²) in [5.41, 5.74) is 0. The minimum absolute atomic E-state index is 0.0259. The molecule has 1 aromatic carbocycles. The zero-order valence-electron chi connectivity index (χ0n) is 12.7. The lowest BCUT2D eigenvalue weighted by Crippen LogP contribution is -2.35. The van der Waals surface area contributed by atoms with Crippen LogP contribution >= 0.6 is 11.6 Å². The Morgan fingerprint density at radius 2 is 2.08 bits per heavy atom. The van der Waals surface area contributed by atoms with Gasteiger partial charge in [0.25, 0.3) is 5.91 Å². The number of benzene rings is 1. The van der Waals surface area contributed by atoms with Crippen molar-refractivity contribution in [2.75, 3.05) is 11.5 Å². The summed E-state index contributed by atoms with van der Waals surface area (Å²) >= 11 is 6.00. The zero-order valence-corrected chi connectivity index (χ0v) is 14.3. The summed E-state index contributed by atoms with van der Waals surface area (Å²) in [5, 5.41) is 3.16. The maximum absolute atomic E-state index is 12.1. The van der Waals surface area contributed by atoms with Crippen LogP contribution in [0.2, 0.25) is 5.02 Å². The first kappa shape index (κ1) is 16.9. The van der Waals surface area contributed by atoms with Gasteiger partial charge < -0.3 is 14.5 Å². The molecule has 1 aliphatic heterocycles. The van der Waals surface area contributed by atoms with E-state index in [2.05, 4.69) is 5.32 Å². The Balaban J connectivity index is 1.57. The van der Waals surface area contributed by atoms with Crippen LogP contribution < -0.4 is 10.1 Å². The molecule has 1 aliphatic rings. The molecule has 0 saturated carbocycles. The molecule has 1 saturated heterocycles.